The number of hydrogen-bond acceptors (Lipinski definition) is 3. The van der Waals surface area contributed by atoms with Gasteiger partial charge in [0.05, 0.1) is 6.20 Å². The second-order valence-corrected chi connectivity index (χ2v) is 3.71. The van der Waals surface area contributed by atoms with Crippen molar-refractivity contribution in [2.24, 2.45) is 14.1 Å². The van der Waals surface area contributed by atoms with Crippen molar-refractivity contribution in [3.63, 3.8) is 0 Å². The molecule has 0 saturated heterocycles. The number of hydrogen-bond donors (Lipinski definition) is 1. The number of rotatable bonds is 3. The van der Waals surface area contributed by atoms with Crippen molar-refractivity contribution in [3.05, 3.63) is 29.7 Å². The lowest BCUT2D eigenvalue weighted by Crippen LogP contribution is -2.01. The SMILES string of the molecule is Cc1cn(C)nc1NCc1cnn(C)c1.Cl. The summed E-state index contributed by atoms with van der Waals surface area (Å²) < 4.78 is 3.60. The first-order valence-electron chi connectivity index (χ1n) is 4.87. The van der Waals surface area contributed by atoms with Crippen LogP contribution in [0.2, 0.25) is 0 Å². The molecule has 5 nitrogen and oxygen atoms in total. The Hall–Kier alpha value is -1.49. The van der Waals surface area contributed by atoms with Crippen molar-refractivity contribution in [2.45, 2.75) is 13.5 Å². The summed E-state index contributed by atoms with van der Waals surface area (Å²) in [5, 5.41) is 11.7. The molecule has 0 unspecified atom stereocenters. The Labute approximate surface area is 101 Å². The van der Waals surface area contributed by atoms with Gasteiger partial charge in [-0.25, -0.2) is 0 Å². The zero-order valence-corrected chi connectivity index (χ0v) is 10.5. The summed E-state index contributed by atoms with van der Waals surface area (Å²) in [5.41, 5.74) is 2.31. The minimum Gasteiger partial charge on any atom is -0.364 e. The number of anilines is 1. The molecule has 88 valence electrons. The molecule has 1 N–H and O–H groups in total. The number of aromatic nitrogens is 4. The second kappa shape index (κ2) is 5.03. The van der Waals surface area contributed by atoms with Gasteiger partial charge in [-0.2, -0.15) is 10.2 Å². The largest absolute Gasteiger partial charge is 0.364 e. The van der Waals surface area contributed by atoms with Crippen LogP contribution in [0, 0.1) is 6.92 Å². The van der Waals surface area contributed by atoms with Crippen molar-refractivity contribution in [1.82, 2.24) is 19.6 Å². The van der Waals surface area contributed by atoms with E-state index in [-0.39, 0.29) is 12.4 Å². The molecule has 0 radical (unpaired) electrons. The van der Waals surface area contributed by atoms with Crippen LogP contribution in [0.3, 0.4) is 0 Å². The highest BCUT2D eigenvalue weighted by Crippen LogP contribution is 2.11. The number of aryl methyl sites for hydroxylation is 3. The molecule has 0 fully saturated rings. The van der Waals surface area contributed by atoms with E-state index >= 15 is 0 Å². The molecule has 2 aromatic heterocycles. The number of halogens is 1. The lowest BCUT2D eigenvalue weighted by atomic mass is 10.3. The van der Waals surface area contributed by atoms with Gasteiger partial charge in [-0.05, 0) is 6.92 Å². The molecule has 0 bridgehead atoms. The van der Waals surface area contributed by atoms with Crippen LogP contribution in [0.4, 0.5) is 5.82 Å². The molecule has 16 heavy (non-hydrogen) atoms. The van der Waals surface area contributed by atoms with Gasteiger partial charge in [-0.1, -0.05) is 0 Å². The van der Waals surface area contributed by atoms with E-state index < -0.39 is 0 Å². The maximum Gasteiger partial charge on any atom is 0.151 e. The summed E-state index contributed by atoms with van der Waals surface area (Å²) in [7, 11) is 3.83. The molecular formula is C10H16ClN5. The molecule has 0 saturated carbocycles. The van der Waals surface area contributed by atoms with Gasteiger partial charge in [0, 0.05) is 44.2 Å². The van der Waals surface area contributed by atoms with Crippen molar-refractivity contribution in [1.29, 1.82) is 0 Å². The standard InChI is InChI=1S/C10H15N5.ClH/c1-8-6-15(3)13-10(8)11-4-9-5-12-14(2)7-9;/h5-7H,4H2,1-3H3,(H,11,13);1H. The molecule has 2 heterocycles. The third kappa shape index (κ3) is 2.76. The van der Waals surface area contributed by atoms with Gasteiger partial charge in [0.15, 0.2) is 5.82 Å². The van der Waals surface area contributed by atoms with Gasteiger partial charge in [0.2, 0.25) is 0 Å². The van der Waals surface area contributed by atoms with Crippen molar-refractivity contribution >= 4 is 18.2 Å². The van der Waals surface area contributed by atoms with Crippen LogP contribution < -0.4 is 5.32 Å². The van der Waals surface area contributed by atoms with Crippen LogP contribution in [0.25, 0.3) is 0 Å². The molecule has 0 aromatic carbocycles. The predicted octanol–water partition coefficient (Wildman–Crippen LogP) is 1.50. The van der Waals surface area contributed by atoms with Crippen molar-refractivity contribution in [2.75, 3.05) is 5.32 Å². The van der Waals surface area contributed by atoms with E-state index in [1.807, 2.05) is 39.6 Å². The van der Waals surface area contributed by atoms with E-state index in [1.54, 1.807) is 9.36 Å². The highest BCUT2D eigenvalue weighted by molar-refractivity contribution is 5.85. The first-order valence-corrected chi connectivity index (χ1v) is 4.87. The maximum absolute atomic E-state index is 4.31. The van der Waals surface area contributed by atoms with E-state index in [1.165, 1.54) is 0 Å². The minimum absolute atomic E-state index is 0. The Morgan fingerprint density at radius 3 is 2.50 bits per heavy atom. The lowest BCUT2D eigenvalue weighted by Gasteiger charge is -2.00. The molecular weight excluding hydrogens is 226 g/mol. The normalized spacial score (nSPS) is 9.94. The summed E-state index contributed by atoms with van der Waals surface area (Å²) in [6, 6.07) is 0. The topological polar surface area (TPSA) is 47.7 Å². The number of nitrogens with zero attached hydrogens (tertiary/aromatic N) is 4. The van der Waals surface area contributed by atoms with Gasteiger partial charge in [0.1, 0.15) is 0 Å². The fraction of sp³-hybridized carbons (Fsp3) is 0.400. The molecule has 0 spiro atoms. The molecule has 0 aliphatic carbocycles. The van der Waals surface area contributed by atoms with Gasteiger partial charge in [0.25, 0.3) is 0 Å². The van der Waals surface area contributed by atoms with Gasteiger partial charge >= 0.3 is 0 Å². The highest BCUT2D eigenvalue weighted by atomic mass is 35.5. The third-order valence-electron chi connectivity index (χ3n) is 2.23. The first-order chi connectivity index (χ1) is 7.15. The monoisotopic (exact) mass is 241 g/mol. The third-order valence-corrected chi connectivity index (χ3v) is 2.23. The van der Waals surface area contributed by atoms with Crippen LogP contribution >= 0.6 is 12.4 Å². The molecule has 0 aliphatic heterocycles. The Kier molecular flexibility index (Phi) is 3.95. The van der Waals surface area contributed by atoms with E-state index in [0.29, 0.717) is 0 Å². The van der Waals surface area contributed by atoms with Crippen molar-refractivity contribution < 1.29 is 0 Å². The average Bonchev–Trinajstić information content (AvgIpc) is 2.70. The Morgan fingerprint density at radius 1 is 1.25 bits per heavy atom. The summed E-state index contributed by atoms with van der Waals surface area (Å²) in [5.74, 6) is 0.932. The van der Waals surface area contributed by atoms with Crippen molar-refractivity contribution in [3.8, 4) is 0 Å². The highest BCUT2D eigenvalue weighted by Gasteiger charge is 2.02. The van der Waals surface area contributed by atoms with E-state index in [4.69, 9.17) is 0 Å². The summed E-state index contributed by atoms with van der Waals surface area (Å²) in [6.45, 7) is 2.80. The van der Waals surface area contributed by atoms with Gasteiger partial charge < -0.3 is 5.32 Å². The summed E-state index contributed by atoms with van der Waals surface area (Å²) >= 11 is 0. The maximum atomic E-state index is 4.31. The molecule has 0 aliphatic rings. The van der Waals surface area contributed by atoms with Gasteiger partial charge in [-0.3, -0.25) is 9.36 Å². The summed E-state index contributed by atoms with van der Waals surface area (Å²) in [6.07, 6.45) is 5.84. The van der Waals surface area contributed by atoms with E-state index in [0.717, 1.165) is 23.5 Å². The minimum atomic E-state index is 0. The average molecular weight is 242 g/mol. The zero-order valence-electron chi connectivity index (χ0n) is 9.64. The fourth-order valence-electron chi connectivity index (χ4n) is 1.53. The number of nitrogens with one attached hydrogen (secondary N) is 1. The quantitative estimate of drug-likeness (QED) is 0.886. The Morgan fingerprint density at radius 2 is 2.00 bits per heavy atom. The molecule has 0 atom stereocenters. The first kappa shape index (κ1) is 12.6. The zero-order chi connectivity index (χ0) is 10.8. The molecule has 2 aromatic rings. The molecule has 6 heteroatoms. The molecule has 2 rings (SSSR count). The van der Waals surface area contributed by atoms with Crippen LogP contribution in [0.5, 0.6) is 0 Å². The van der Waals surface area contributed by atoms with Crippen LogP contribution in [0.1, 0.15) is 11.1 Å². The van der Waals surface area contributed by atoms with E-state index in [2.05, 4.69) is 15.5 Å². The smallest absolute Gasteiger partial charge is 0.151 e. The fourth-order valence-corrected chi connectivity index (χ4v) is 1.53. The second-order valence-electron chi connectivity index (χ2n) is 3.71. The lowest BCUT2D eigenvalue weighted by molar-refractivity contribution is 0.765. The summed E-state index contributed by atoms with van der Waals surface area (Å²) in [4.78, 5) is 0. The predicted molar refractivity (Wildman–Crippen MR) is 65.7 cm³/mol. The van der Waals surface area contributed by atoms with E-state index in [9.17, 15) is 0 Å². The van der Waals surface area contributed by atoms with Crippen LogP contribution in [-0.4, -0.2) is 19.6 Å². The Balaban J connectivity index is 0.00000128. The van der Waals surface area contributed by atoms with Crippen LogP contribution in [0.15, 0.2) is 18.6 Å². The van der Waals surface area contributed by atoms with Crippen LogP contribution in [-0.2, 0) is 20.6 Å². The molecule has 0 amide bonds. The Bertz CT molecular complexity index is 459. The van der Waals surface area contributed by atoms with Gasteiger partial charge in [-0.15, -0.1) is 12.4 Å².